The monoisotopic (exact) mass is 355 g/mol. The molecule has 0 spiro atoms. The van der Waals surface area contributed by atoms with Gasteiger partial charge in [0.2, 0.25) is 0 Å². The lowest BCUT2D eigenvalue weighted by molar-refractivity contribution is 0.0836. The molecule has 2 aromatic rings. The van der Waals surface area contributed by atoms with Crippen LogP contribution in [0.4, 0.5) is 10.5 Å². The van der Waals surface area contributed by atoms with Gasteiger partial charge in [0.05, 0.1) is 18.0 Å². The lowest BCUT2D eigenvalue weighted by atomic mass is 10.2. The van der Waals surface area contributed by atoms with Gasteiger partial charge in [-0.05, 0) is 43.5 Å². The van der Waals surface area contributed by atoms with Crippen LogP contribution >= 0.6 is 0 Å². The molecule has 0 saturated carbocycles. The Morgan fingerprint density at radius 2 is 2.23 bits per heavy atom. The van der Waals surface area contributed by atoms with Crippen molar-refractivity contribution in [2.24, 2.45) is 0 Å². The van der Waals surface area contributed by atoms with Gasteiger partial charge >= 0.3 is 6.03 Å². The first-order chi connectivity index (χ1) is 12.8. The molecule has 0 radical (unpaired) electrons. The molecule has 1 aromatic carbocycles. The lowest BCUT2D eigenvalue weighted by Crippen LogP contribution is -2.40. The van der Waals surface area contributed by atoms with Crippen LogP contribution in [0.3, 0.4) is 0 Å². The zero-order valence-electron chi connectivity index (χ0n) is 15.1. The van der Waals surface area contributed by atoms with Gasteiger partial charge in [0.1, 0.15) is 5.75 Å². The molecule has 1 N–H and O–H groups in total. The molecule has 1 aliphatic rings. The van der Waals surface area contributed by atoms with E-state index in [0.717, 1.165) is 25.9 Å². The second kappa shape index (κ2) is 9.20. The summed E-state index contributed by atoms with van der Waals surface area (Å²) in [6.45, 7) is 4.16. The third-order valence-corrected chi connectivity index (χ3v) is 4.22. The lowest BCUT2D eigenvalue weighted by Gasteiger charge is -2.25. The van der Waals surface area contributed by atoms with Gasteiger partial charge in [-0.1, -0.05) is 19.1 Å². The van der Waals surface area contributed by atoms with Crippen LogP contribution in [0.15, 0.2) is 48.8 Å². The van der Waals surface area contributed by atoms with Gasteiger partial charge in [-0.15, -0.1) is 0 Å². The molecule has 0 aliphatic carbocycles. The average Bonchev–Trinajstić information content (AvgIpc) is 3.17. The molecule has 1 fully saturated rings. The molecule has 1 saturated heterocycles. The molecule has 0 bridgehead atoms. The molecule has 1 aromatic heterocycles. The number of rotatable bonds is 7. The Morgan fingerprint density at radius 3 is 2.96 bits per heavy atom. The maximum atomic E-state index is 12.8. The molecular formula is C20H25N3O3. The van der Waals surface area contributed by atoms with Crippen molar-refractivity contribution >= 4 is 11.7 Å². The molecule has 26 heavy (non-hydrogen) atoms. The zero-order chi connectivity index (χ0) is 18.2. The number of ether oxygens (including phenoxy) is 2. The van der Waals surface area contributed by atoms with Crippen molar-refractivity contribution in [3.05, 3.63) is 48.8 Å². The summed E-state index contributed by atoms with van der Waals surface area (Å²) in [6, 6.07) is 10.9. The SMILES string of the molecule is CCCN(CC1CCCO1)C(=O)Nc1ccccc1Oc1cccnc1. The number of carbonyl (C=O) groups excluding carboxylic acids is 1. The van der Waals surface area contributed by atoms with E-state index in [1.165, 1.54) is 0 Å². The highest BCUT2D eigenvalue weighted by atomic mass is 16.5. The molecule has 3 rings (SSSR count). The Bertz CT molecular complexity index is 702. The van der Waals surface area contributed by atoms with Crippen molar-refractivity contribution in [1.82, 2.24) is 9.88 Å². The largest absolute Gasteiger partial charge is 0.454 e. The number of hydrogen-bond donors (Lipinski definition) is 1. The summed E-state index contributed by atoms with van der Waals surface area (Å²) in [5, 5.41) is 2.98. The van der Waals surface area contributed by atoms with Gasteiger partial charge in [0.25, 0.3) is 0 Å². The fourth-order valence-electron chi connectivity index (χ4n) is 2.97. The predicted molar refractivity (Wildman–Crippen MR) is 101 cm³/mol. The van der Waals surface area contributed by atoms with E-state index >= 15 is 0 Å². The normalized spacial score (nSPS) is 16.3. The topological polar surface area (TPSA) is 63.7 Å². The molecule has 138 valence electrons. The molecule has 6 nitrogen and oxygen atoms in total. The third-order valence-electron chi connectivity index (χ3n) is 4.22. The van der Waals surface area contributed by atoms with E-state index < -0.39 is 0 Å². The van der Waals surface area contributed by atoms with Crippen molar-refractivity contribution in [3.8, 4) is 11.5 Å². The first kappa shape index (κ1) is 18.2. The summed E-state index contributed by atoms with van der Waals surface area (Å²) < 4.78 is 11.5. The number of aromatic nitrogens is 1. The number of para-hydroxylation sites is 2. The number of nitrogens with zero attached hydrogens (tertiary/aromatic N) is 2. The maximum Gasteiger partial charge on any atom is 0.322 e. The Labute approximate surface area is 154 Å². The smallest absolute Gasteiger partial charge is 0.322 e. The molecular weight excluding hydrogens is 330 g/mol. The van der Waals surface area contributed by atoms with Crippen LogP contribution in [0, 0.1) is 0 Å². The second-order valence-corrected chi connectivity index (χ2v) is 6.30. The Balaban J connectivity index is 1.69. The number of nitrogens with one attached hydrogen (secondary N) is 1. The van der Waals surface area contributed by atoms with E-state index in [1.807, 2.05) is 35.2 Å². The molecule has 1 aliphatic heterocycles. The van der Waals surface area contributed by atoms with Crippen LogP contribution in [-0.2, 0) is 4.74 Å². The van der Waals surface area contributed by atoms with E-state index in [4.69, 9.17) is 9.47 Å². The first-order valence-electron chi connectivity index (χ1n) is 9.10. The van der Waals surface area contributed by atoms with Crippen LogP contribution in [-0.4, -0.2) is 41.7 Å². The number of hydrogen-bond acceptors (Lipinski definition) is 4. The fourth-order valence-corrected chi connectivity index (χ4v) is 2.97. The van der Waals surface area contributed by atoms with Crippen molar-refractivity contribution in [3.63, 3.8) is 0 Å². The predicted octanol–water partition coefficient (Wildman–Crippen LogP) is 4.30. The molecule has 1 unspecified atom stereocenters. The van der Waals surface area contributed by atoms with Crippen LogP contribution in [0.25, 0.3) is 0 Å². The summed E-state index contributed by atoms with van der Waals surface area (Å²) in [4.78, 5) is 18.6. The Kier molecular flexibility index (Phi) is 6.44. The van der Waals surface area contributed by atoms with Crippen LogP contribution in [0.2, 0.25) is 0 Å². The number of anilines is 1. The highest BCUT2D eigenvalue weighted by Crippen LogP contribution is 2.29. The zero-order valence-corrected chi connectivity index (χ0v) is 15.1. The van der Waals surface area contributed by atoms with E-state index in [9.17, 15) is 4.79 Å². The van der Waals surface area contributed by atoms with Gasteiger partial charge < -0.3 is 19.7 Å². The minimum Gasteiger partial charge on any atom is -0.454 e. The molecule has 1 atom stereocenters. The minimum absolute atomic E-state index is 0.134. The van der Waals surface area contributed by atoms with Crippen LogP contribution in [0.5, 0.6) is 11.5 Å². The van der Waals surface area contributed by atoms with Crippen molar-refractivity contribution in [1.29, 1.82) is 0 Å². The number of amides is 2. The van der Waals surface area contributed by atoms with Crippen LogP contribution < -0.4 is 10.1 Å². The maximum absolute atomic E-state index is 12.8. The first-order valence-corrected chi connectivity index (χ1v) is 9.10. The Hall–Kier alpha value is -2.60. The average molecular weight is 355 g/mol. The summed E-state index contributed by atoms with van der Waals surface area (Å²) >= 11 is 0. The van der Waals surface area contributed by atoms with Crippen molar-refractivity contribution in [2.45, 2.75) is 32.3 Å². The van der Waals surface area contributed by atoms with Gasteiger partial charge in [0, 0.05) is 25.9 Å². The van der Waals surface area contributed by atoms with Gasteiger partial charge in [-0.3, -0.25) is 4.98 Å². The highest BCUT2D eigenvalue weighted by molar-refractivity contribution is 5.91. The van der Waals surface area contributed by atoms with Gasteiger partial charge in [-0.25, -0.2) is 4.79 Å². The van der Waals surface area contributed by atoms with Gasteiger partial charge in [0.15, 0.2) is 5.75 Å². The quantitative estimate of drug-likeness (QED) is 0.804. The number of pyridine rings is 1. The fraction of sp³-hybridized carbons (Fsp3) is 0.400. The third kappa shape index (κ3) is 4.95. The molecule has 2 heterocycles. The van der Waals surface area contributed by atoms with Crippen molar-refractivity contribution in [2.75, 3.05) is 25.0 Å². The summed E-state index contributed by atoms with van der Waals surface area (Å²) in [6.07, 6.45) is 6.43. The minimum atomic E-state index is -0.135. The summed E-state index contributed by atoms with van der Waals surface area (Å²) in [5.74, 6) is 1.21. The van der Waals surface area contributed by atoms with Crippen LogP contribution in [0.1, 0.15) is 26.2 Å². The number of carbonyl (C=O) groups is 1. The van der Waals surface area contributed by atoms with E-state index in [1.54, 1.807) is 18.5 Å². The number of benzene rings is 1. The number of urea groups is 1. The standard InChI is InChI=1S/C20H25N3O3/c1-2-12-23(15-17-8-6-13-25-17)20(24)22-18-9-3-4-10-19(18)26-16-7-5-11-21-14-16/h3-5,7,9-11,14,17H,2,6,8,12-13,15H2,1H3,(H,22,24). The van der Waals surface area contributed by atoms with Gasteiger partial charge in [-0.2, -0.15) is 0 Å². The molecule has 6 heteroatoms. The second-order valence-electron chi connectivity index (χ2n) is 6.30. The van der Waals surface area contributed by atoms with E-state index in [0.29, 0.717) is 30.3 Å². The summed E-state index contributed by atoms with van der Waals surface area (Å²) in [5.41, 5.74) is 0.634. The van der Waals surface area contributed by atoms with E-state index in [-0.39, 0.29) is 12.1 Å². The summed E-state index contributed by atoms with van der Waals surface area (Å²) in [7, 11) is 0. The highest BCUT2D eigenvalue weighted by Gasteiger charge is 2.22. The van der Waals surface area contributed by atoms with E-state index in [2.05, 4.69) is 17.2 Å². The molecule has 2 amide bonds. The van der Waals surface area contributed by atoms with Crippen molar-refractivity contribution < 1.29 is 14.3 Å². The Morgan fingerprint density at radius 1 is 1.35 bits per heavy atom.